The van der Waals surface area contributed by atoms with Crippen LogP contribution < -0.4 is 0 Å². The van der Waals surface area contributed by atoms with E-state index in [1.807, 2.05) is 0 Å². The Morgan fingerprint density at radius 2 is 2.06 bits per heavy atom. The Labute approximate surface area is 110 Å². The van der Waals surface area contributed by atoms with Gasteiger partial charge < -0.3 is 5.11 Å². The van der Waals surface area contributed by atoms with Gasteiger partial charge in [0.15, 0.2) is 0 Å². The van der Waals surface area contributed by atoms with Crippen LogP contribution in [-0.2, 0) is 0 Å². The summed E-state index contributed by atoms with van der Waals surface area (Å²) in [7, 11) is 0. The Morgan fingerprint density at radius 3 is 2.56 bits per heavy atom. The maximum Gasteiger partial charge on any atom is 0.335 e. The van der Waals surface area contributed by atoms with E-state index in [1.54, 1.807) is 12.1 Å². The molecule has 0 spiro atoms. The van der Waals surface area contributed by atoms with Crippen molar-refractivity contribution in [3.05, 3.63) is 50.3 Å². The molecule has 0 unspecified atom stereocenters. The number of aromatic carboxylic acids is 1. The third kappa shape index (κ3) is 2.34. The van der Waals surface area contributed by atoms with Gasteiger partial charge in [-0.2, -0.15) is 0 Å². The molecule has 0 saturated carbocycles. The Balaban J connectivity index is 2.60. The molecule has 0 fully saturated rings. The molecule has 1 N–H and O–H groups in total. The third-order valence-electron chi connectivity index (χ3n) is 2.28. The van der Waals surface area contributed by atoms with Crippen LogP contribution in [0.3, 0.4) is 0 Å². The van der Waals surface area contributed by atoms with Crippen LogP contribution in [0.1, 0.15) is 10.4 Å². The maximum absolute atomic E-state index is 11.0. The van der Waals surface area contributed by atoms with Gasteiger partial charge in [0.2, 0.25) is 0 Å². The lowest BCUT2D eigenvalue weighted by Gasteiger charge is -2.01. The van der Waals surface area contributed by atoms with Crippen molar-refractivity contribution in [2.75, 3.05) is 0 Å². The van der Waals surface area contributed by atoms with Crippen molar-refractivity contribution < 1.29 is 14.8 Å². The molecule has 0 atom stereocenters. The van der Waals surface area contributed by atoms with E-state index in [4.69, 9.17) is 16.7 Å². The van der Waals surface area contributed by atoms with Crippen LogP contribution in [0.5, 0.6) is 0 Å². The number of hydrogen-bond acceptors (Lipinski definition) is 4. The summed E-state index contributed by atoms with van der Waals surface area (Å²) in [5.74, 6) is -1.20. The van der Waals surface area contributed by atoms with Crippen LogP contribution in [0.4, 0.5) is 5.69 Å². The van der Waals surface area contributed by atoms with Crippen molar-refractivity contribution >= 4 is 34.6 Å². The van der Waals surface area contributed by atoms with Gasteiger partial charge in [-0.25, -0.2) is 4.79 Å². The van der Waals surface area contributed by atoms with Gasteiger partial charge in [-0.15, -0.1) is 11.3 Å². The van der Waals surface area contributed by atoms with Gasteiger partial charge >= 0.3 is 5.97 Å². The molecule has 0 aliphatic carbocycles. The largest absolute Gasteiger partial charge is 0.478 e. The highest BCUT2D eigenvalue weighted by atomic mass is 35.5. The number of benzene rings is 1. The Morgan fingerprint density at radius 1 is 1.33 bits per heavy atom. The number of hydrogen-bond donors (Lipinski definition) is 1. The molecule has 0 radical (unpaired) electrons. The standard InChI is InChI=1S/C11H6ClNO4S/c12-10-4-3-9(18-10)7-2-1-6(11(14)15)5-8(7)13(16)17/h1-5H,(H,14,15). The Bertz CT molecular complexity index is 638. The summed E-state index contributed by atoms with van der Waals surface area (Å²) in [4.78, 5) is 21.8. The highest BCUT2D eigenvalue weighted by Gasteiger charge is 2.19. The zero-order chi connectivity index (χ0) is 13.3. The number of nitro groups is 1. The van der Waals surface area contributed by atoms with E-state index < -0.39 is 10.9 Å². The van der Waals surface area contributed by atoms with Crippen LogP contribution in [-0.4, -0.2) is 16.0 Å². The molecule has 2 rings (SSSR count). The molecular formula is C11H6ClNO4S. The van der Waals surface area contributed by atoms with Crippen molar-refractivity contribution in [3.63, 3.8) is 0 Å². The SMILES string of the molecule is O=C(O)c1ccc(-c2ccc(Cl)s2)c([N+](=O)[O-])c1. The lowest BCUT2D eigenvalue weighted by molar-refractivity contribution is -0.384. The summed E-state index contributed by atoms with van der Waals surface area (Å²) in [6, 6.07) is 7.10. The minimum Gasteiger partial charge on any atom is -0.478 e. The topological polar surface area (TPSA) is 80.4 Å². The van der Waals surface area contributed by atoms with E-state index >= 15 is 0 Å². The molecular weight excluding hydrogens is 278 g/mol. The van der Waals surface area contributed by atoms with Gasteiger partial charge in [-0.05, 0) is 24.3 Å². The molecule has 5 nitrogen and oxygen atoms in total. The number of carbonyl (C=O) groups is 1. The Hall–Kier alpha value is -1.92. The molecule has 1 aromatic carbocycles. The molecule has 0 saturated heterocycles. The maximum atomic E-state index is 11.0. The molecule has 2 aromatic rings. The fourth-order valence-corrected chi connectivity index (χ4v) is 2.56. The molecule has 7 heteroatoms. The lowest BCUT2D eigenvalue weighted by atomic mass is 10.1. The molecule has 0 aliphatic heterocycles. The van der Waals surface area contributed by atoms with Crippen LogP contribution in [0.25, 0.3) is 10.4 Å². The fourth-order valence-electron chi connectivity index (χ4n) is 1.48. The van der Waals surface area contributed by atoms with E-state index in [0.717, 1.165) is 6.07 Å². The smallest absolute Gasteiger partial charge is 0.335 e. The van der Waals surface area contributed by atoms with E-state index in [2.05, 4.69) is 0 Å². The molecule has 0 bridgehead atoms. The van der Waals surface area contributed by atoms with Crippen molar-refractivity contribution in [2.45, 2.75) is 0 Å². The summed E-state index contributed by atoms with van der Waals surface area (Å²) < 4.78 is 0.515. The first kappa shape index (κ1) is 12.5. The van der Waals surface area contributed by atoms with E-state index in [1.165, 1.54) is 23.5 Å². The number of thiophene rings is 1. The lowest BCUT2D eigenvalue weighted by Crippen LogP contribution is -1.99. The zero-order valence-electron chi connectivity index (χ0n) is 8.79. The average Bonchev–Trinajstić information content (AvgIpc) is 2.74. The van der Waals surface area contributed by atoms with Crippen molar-refractivity contribution in [1.29, 1.82) is 0 Å². The second-order valence-corrected chi connectivity index (χ2v) is 5.11. The van der Waals surface area contributed by atoms with E-state index in [9.17, 15) is 14.9 Å². The molecule has 0 amide bonds. The van der Waals surface area contributed by atoms with Crippen molar-refractivity contribution in [3.8, 4) is 10.4 Å². The highest BCUT2D eigenvalue weighted by Crippen LogP contribution is 2.36. The molecule has 1 heterocycles. The molecule has 1 aromatic heterocycles. The summed E-state index contributed by atoms with van der Waals surface area (Å²) in [5.41, 5.74) is 0.00317. The van der Waals surface area contributed by atoms with Gasteiger partial charge in [0, 0.05) is 10.9 Å². The number of rotatable bonds is 3. The second-order valence-electron chi connectivity index (χ2n) is 3.40. The molecule has 92 valence electrons. The zero-order valence-corrected chi connectivity index (χ0v) is 10.4. The van der Waals surface area contributed by atoms with E-state index in [-0.39, 0.29) is 11.3 Å². The van der Waals surface area contributed by atoms with Crippen LogP contribution >= 0.6 is 22.9 Å². The summed E-state index contributed by atoms with van der Waals surface area (Å²) in [5, 5.41) is 19.8. The van der Waals surface area contributed by atoms with Gasteiger partial charge in [-0.1, -0.05) is 11.6 Å². The minimum atomic E-state index is -1.20. The second kappa shape index (κ2) is 4.75. The number of nitro benzene ring substituents is 1. The third-order valence-corrected chi connectivity index (χ3v) is 3.54. The number of carboxylic acids is 1. The fraction of sp³-hybridized carbons (Fsp3) is 0. The monoisotopic (exact) mass is 283 g/mol. The quantitative estimate of drug-likeness (QED) is 0.688. The van der Waals surface area contributed by atoms with Gasteiger partial charge in [0.25, 0.3) is 5.69 Å². The summed E-state index contributed by atoms with van der Waals surface area (Å²) >= 11 is 6.98. The van der Waals surface area contributed by atoms with Gasteiger partial charge in [0.1, 0.15) is 0 Å². The minimum absolute atomic E-state index is 0.117. The van der Waals surface area contributed by atoms with Crippen molar-refractivity contribution in [1.82, 2.24) is 0 Å². The average molecular weight is 284 g/mol. The molecule has 0 aliphatic rings. The van der Waals surface area contributed by atoms with Crippen LogP contribution in [0.2, 0.25) is 4.34 Å². The van der Waals surface area contributed by atoms with Crippen molar-refractivity contribution in [2.24, 2.45) is 0 Å². The number of halogens is 1. The molecule has 18 heavy (non-hydrogen) atoms. The normalized spacial score (nSPS) is 10.3. The van der Waals surface area contributed by atoms with E-state index in [0.29, 0.717) is 14.8 Å². The Kier molecular flexibility index (Phi) is 3.31. The van der Waals surface area contributed by atoms with Crippen LogP contribution in [0, 0.1) is 10.1 Å². The van der Waals surface area contributed by atoms with Gasteiger partial charge in [-0.3, -0.25) is 10.1 Å². The predicted molar refractivity (Wildman–Crippen MR) is 68.4 cm³/mol. The number of carboxylic acid groups (broad SMARTS) is 1. The summed E-state index contributed by atoms with van der Waals surface area (Å²) in [6.45, 7) is 0. The highest BCUT2D eigenvalue weighted by molar-refractivity contribution is 7.19. The first-order valence-electron chi connectivity index (χ1n) is 4.76. The van der Waals surface area contributed by atoms with Gasteiger partial charge in [0.05, 0.1) is 20.4 Å². The summed E-state index contributed by atoms with van der Waals surface area (Å²) in [6.07, 6.45) is 0. The predicted octanol–water partition coefficient (Wildman–Crippen LogP) is 3.67. The first-order chi connectivity index (χ1) is 8.49. The number of nitrogens with zero attached hydrogens (tertiary/aromatic N) is 1. The van der Waals surface area contributed by atoms with Crippen LogP contribution in [0.15, 0.2) is 30.3 Å². The first-order valence-corrected chi connectivity index (χ1v) is 5.96.